The fourth-order valence-electron chi connectivity index (χ4n) is 2.97. The summed E-state index contributed by atoms with van der Waals surface area (Å²) in [5.41, 5.74) is 3.17. The van der Waals surface area contributed by atoms with Crippen molar-refractivity contribution in [3.63, 3.8) is 0 Å². The van der Waals surface area contributed by atoms with Crippen LogP contribution >= 0.6 is 11.3 Å². The van der Waals surface area contributed by atoms with Crippen molar-refractivity contribution in [2.45, 2.75) is 46.1 Å². The fraction of sp³-hybridized carbons (Fsp3) is 0.500. The second-order valence-corrected chi connectivity index (χ2v) is 7.99. The van der Waals surface area contributed by atoms with Crippen molar-refractivity contribution in [3.05, 3.63) is 38.8 Å². The molecule has 0 aliphatic carbocycles. The monoisotopic (exact) mass is 360 g/mol. The van der Waals surface area contributed by atoms with Crippen molar-refractivity contribution >= 4 is 23.2 Å². The minimum Gasteiger partial charge on any atom is -0.347 e. The second-order valence-electron chi connectivity index (χ2n) is 6.90. The summed E-state index contributed by atoms with van der Waals surface area (Å²) in [5.74, 6) is 0.169. The molecule has 0 aromatic carbocycles. The molecule has 0 bridgehead atoms. The zero-order valence-corrected chi connectivity index (χ0v) is 15.9. The van der Waals surface area contributed by atoms with Crippen LogP contribution < -0.4 is 5.32 Å². The number of aromatic amines is 1. The summed E-state index contributed by atoms with van der Waals surface area (Å²) < 4.78 is 0. The van der Waals surface area contributed by atoms with Gasteiger partial charge in [0, 0.05) is 35.1 Å². The van der Waals surface area contributed by atoms with Crippen LogP contribution in [0.3, 0.4) is 0 Å². The zero-order valence-electron chi connectivity index (χ0n) is 15.0. The van der Waals surface area contributed by atoms with Gasteiger partial charge in [0.15, 0.2) is 0 Å². The van der Waals surface area contributed by atoms with Gasteiger partial charge in [-0.3, -0.25) is 14.7 Å². The number of carbonyl (C=O) groups excluding carboxylic acids is 2. The number of H-pyrrole nitrogens is 1. The number of nitrogens with zero attached hydrogens (tertiary/aromatic N) is 2. The Balaban J connectivity index is 1.60. The molecule has 0 spiro atoms. The van der Waals surface area contributed by atoms with E-state index in [2.05, 4.69) is 29.4 Å². The molecule has 2 amide bonds. The Labute approximate surface area is 151 Å². The smallest absolute Gasteiger partial charge is 0.274 e. The molecule has 0 saturated carbocycles. The Morgan fingerprint density at radius 3 is 2.76 bits per heavy atom. The number of amides is 2. The van der Waals surface area contributed by atoms with E-state index < -0.39 is 0 Å². The Morgan fingerprint density at radius 1 is 1.40 bits per heavy atom. The van der Waals surface area contributed by atoms with E-state index in [9.17, 15) is 9.59 Å². The van der Waals surface area contributed by atoms with Gasteiger partial charge < -0.3 is 10.2 Å². The highest BCUT2D eigenvalue weighted by atomic mass is 32.1. The number of aryl methyl sites for hydroxylation is 1. The number of thiophene rings is 1. The normalized spacial score (nSPS) is 17.3. The van der Waals surface area contributed by atoms with Gasteiger partial charge in [0.25, 0.3) is 11.8 Å². The average molecular weight is 360 g/mol. The topological polar surface area (TPSA) is 78.1 Å². The molecule has 2 aromatic rings. The summed E-state index contributed by atoms with van der Waals surface area (Å²) in [5, 5.41) is 12.0. The van der Waals surface area contributed by atoms with E-state index in [1.165, 1.54) is 0 Å². The van der Waals surface area contributed by atoms with Crippen molar-refractivity contribution in [2.75, 3.05) is 13.1 Å². The van der Waals surface area contributed by atoms with Crippen LogP contribution in [0, 0.1) is 13.8 Å². The van der Waals surface area contributed by atoms with Gasteiger partial charge in [-0.2, -0.15) is 5.10 Å². The molecular formula is C18H24N4O2S. The molecule has 1 unspecified atom stereocenters. The molecule has 1 saturated heterocycles. The highest BCUT2D eigenvalue weighted by Gasteiger charge is 2.30. The lowest BCUT2D eigenvalue weighted by atomic mass is 10.1. The van der Waals surface area contributed by atoms with Crippen molar-refractivity contribution in [3.8, 4) is 0 Å². The Morgan fingerprint density at radius 2 is 2.16 bits per heavy atom. The van der Waals surface area contributed by atoms with E-state index >= 15 is 0 Å². The van der Waals surface area contributed by atoms with Gasteiger partial charge in [0.1, 0.15) is 5.69 Å². The first-order chi connectivity index (χ1) is 11.9. The number of likely N-dealkylation sites (tertiary alicyclic amines) is 1. The third kappa shape index (κ3) is 3.61. The van der Waals surface area contributed by atoms with Gasteiger partial charge in [0.05, 0.1) is 5.56 Å². The summed E-state index contributed by atoms with van der Waals surface area (Å²) in [4.78, 5) is 27.9. The standard InChI is InChI=1S/C18H24N4O2S/c1-10(2)15-7-16(21-20-15)18(24)22-6-5-13(8-22)19-17(23)14-9-25-12(4)11(14)3/h7,9-10,13H,5-6,8H2,1-4H3,(H,19,23)(H,20,21). The number of nitrogens with one attached hydrogen (secondary N) is 2. The lowest BCUT2D eigenvalue weighted by molar-refractivity contribution is 0.0777. The van der Waals surface area contributed by atoms with Crippen LogP contribution in [0.4, 0.5) is 0 Å². The SMILES string of the molecule is Cc1scc(C(=O)NC2CCN(C(=O)c3cc(C(C)C)[nH]n3)C2)c1C. The minimum absolute atomic E-state index is 0.0143. The molecule has 1 atom stereocenters. The van der Waals surface area contributed by atoms with Crippen LogP contribution in [0.5, 0.6) is 0 Å². The van der Waals surface area contributed by atoms with Gasteiger partial charge in [0.2, 0.25) is 0 Å². The molecule has 2 aromatic heterocycles. The first-order valence-electron chi connectivity index (χ1n) is 8.57. The van der Waals surface area contributed by atoms with Gasteiger partial charge in [-0.1, -0.05) is 13.8 Å². The van der Waals surface area contributed by atoms with Gasteiger partial charge in [-0.25, -0.2) is 0 Å². The number of hydrogen-bond acceptors (Lipinski definition) is 4. The van der Waals surface area contributed by atoms with Crippen molar-refractivity contribution in [1.82, 2.24) is 20.4 Å². The quantitative estimate of drug-likeness (QED) is 0.880. The molecule has 1 aliphatic rings. The van der Waals surface area contributed by atoms with Crippen LogP contribution in [0.15, 0.2) is 11.4 Å². The van der Waals surface area contributed by atoms with E-state index in [-0.39, 0.29) is 17.9 Å². The minimum atomic E-state index is -0.0811. The largest absolute Gasteiger partial charge is 0.347 e. The molecule has 7 heteroatoms. The maximum Gasteiger partial charge on any atom is 0.274 e. The average Bonchev–Trinajstić information content (AvgIpc) is 3.28. The molecule has 1 fully saturated rings. The molecule has 134 valence electrons. The van der Waals surface area contributed by atoms with E-state index in [0.29, 0.717) is 24.7 Å². The maximum absolute atomic E-state index is 12.6. The summed E-state index contributed by atoms with van der Waals surface area (Å²) in [7, 11) is 0. The maximum atomic E-state index is 12.6. The van der Waals surface area contributed by atoms with Gasteiger partial charge >= 0.3 is 0 Å². The van der Waals surface area contributed by atoms with Crippen LogP contribution in [-0.4, -0.2) is 46.0 Å². The van der Waals surface area contributed by atoms with Crippen LogP contribution in [0.2, 0.25) is 0 Å². The lowest BCUT2D eigenvalue weighted by Gasteiger charge is -2.16. The van der Waals surface area contributed by atoms with E-state index in [0.717, 1.165) is 28.1 Å². The predicted octanol–water partition coefficient (Wildman–Crippen LogP) is 2.86. The lowest BCUT2D eigenvalue weighted by Crippen LogP contribution is -2.38. The van der Waals surface area contributed by atoms with Crippen molar-refractivity contribution in [1.29, 1.82) is 0 Å². The molecule has 25 heavy (non-hydrogen) atoms. The number of aromatic nitrogens is 2. The summed E-state index contributed by atoms with van der Waals surface area (Å²) >= 11 is 1.59. The zero-order chi connectivity index (χ0) is 18.1. The molecule has 2 N–H and O–H groups in total. The Hall–Kier alpha value is -2.15. The van der Waals surface area contributed by atoms with E-state index in [1.54, 1.807) is 16.2 Å². The van der Waals surface area contributed by atoms with Crippen molar-refractivity contribution in [2.24, 2.45) is 0 Å². The second kappa shape index (κ2) is 7.00. The van der Waals surface area contributed by atoms with Crippen molar-refractivity contribution < 1.29 is 9.59 Å². The molecule has 3 rings (SSSR count). The van der Waals surface area contributed by atoms with Crippen LogP contribution in [0.25, 0.3) is 0 Å². The number of rotatable bonds is 4. The molecule has 1 aliphatic heterocycles. The van der Waals surface area contributed by atoms with Crippen LogP contribution in [0.1, 0.15) is 63.2 Å². The molecular weight excluding hydrogens is 336 g/mol. The molecule has 3 heterocycles. The fourth-order valence-corrected chi connectivity index (χ4v) is 3.83. The summed E-state index contributed by atoms with van der Waals surface area (Å²) in [6, 6.07) is 1.80. The Bertz CT molecular complexity index is 793. The Kier molecular flexibility index (Phi) is 4.94. The third-order valence-corrected chi connectivity index (χ3v) is 5.79. The van der Waals surface area contributed by atoms with Gasteiger partial charge in [-0.05, 0) is 37.8 Å². The number of carbonyl (C=O) groups is 2. The van der Waals surface area contributed by atoms with E-state index in [4.69, 9.17) is 0 Å². The highest BCUT2D eigenvalue weighted by Crippen LogP contribution is 2.21. The van der Waals surface area contributed by atoms with E-state index in [1.807, 2.05) is 25.3 Å². The first kappa shape index (κ1) is 17.7. The molecule has 6 nitrogen and oxygen atoms in total. The molecule has 0 radical (unpaired) electrons. The summed E-state index contributed by atoms with van der Waals surface area (Å²) in [6.45, 7) is 9.25. The first-order valence-corrected chi connectivity index (χ1v) is 9.45. The third-order valence-electron chi connectivity index (χ3n) is 4.78. The predicted molar refractivity (Wildman–Crippen MR) is 98.2 cm³/mol. The highest BCUT2D eigenvalue weighted by molar-refractivity contribution is 7.10. The van der Waals surface area contributed by atoms with Gasteiger partial charge in [-0.15, -0.1) is 11.3 Å². The van der Waals surface area contributed by atoms with Crippen LogP contribution in [-0.2, 0) is 0 Å². The number of hydrogen-bond donors (Lipinski definition) is 2. The summed E-state index contributed by atoms with van der Waals surface area (Å²) in [6.07, 6.45) is 0.765.